The molecule has 3 aliphatic rings. The van der Waals surface area contributed by atoms with Crippen LogP contribution in [-0.4, -0.2) is 161 Å². The van der Waals surface area contributed by atoms with Crippen molar-refractivity contribution in [1.82, 2.24) is 16.0 Å². The monoisotopic (exact) mass is 623 g/mol. The summed E-state index contributed by atoms with van der Waals surface area (Å²) in [5.74, 6) is -0.233. The van der Waals surface area contributed by atoms with Gasteiger partial charge in [-0.3, -0.25) is 5.41 Å². The molecule has 1 aliphatic carbocycles. The fourth-order valence-electron chi connectivity index (χ4n) is 5.84. The average molecular weight is 624 g/mol. The Labute approximate surface area is 251 Å². The first kappa shape index (κ1) is 36.3. The summed E-state index contributed by atoms with van der Waals surface area (Å²) < 4.78 is 24.0. The van der Waals surface area contributed by atoms with Crippen LogP contribution in [0, 0.1) is 5.41 Å². The number of ether oxygens (including phenoxy) is 4. The Kier molecular flexibility index (Phi) is 13.9. The number of likely N-dealkylation sites (N-methyl/N-ethyl adjacent to an activating group) is 1. The van der Waals surface area contributed by atoms with Crippen LogP contribution in [-0.2, 0) is 18.9 Å². The SMILES string of the molecule is CN[C@@H]1C(O)[C@@H](OC2C(O)C(O[C@H]3O[C@H](CNCC(O)CO)CCC3N)[C@@H](N)C[C@H]2NC(=N)C(O)CCN)OCC1(C)O. The molecule has 3 fully saturated rings. The largest absolute Gasteiger partial charge is 0.394 e. The summed E-state index contributed by atoms with van der Waals surface area (Å²) in [5.41, 5.74) is 16.9. The van der Waals surface area contributed by atoms with E-state index < -0.39 is 79.0 Å². The molecule has 2 aliphatic heterocycles. The summed E-state index contributed by atoms with van der Waals surface area (Å²) in [7, 11) is 1.58. The number of aliphatic hydroxyl groups excluding tert-OH is 5. The van der Waals surface area contributed by atoms with Crippen molar-refractivity contribution in [3.05, 3.63) is 0 Å². The van der Waals surface area contributed by atoms with Crippen LogP contribution in [0.2, 0.25) is 0 Å². The summed E-state index contributed by atoms with van der Waals surface area (Å²) in [6.07, 6.45) is -8.04. The highest BCUT2D eigenvalue weighted by Crippen LogP contribution is 2.32. The number of rotatable bonds is 14. The molecule has 16 N–H and O–H groups in total. The predicted octanol–water partition coefficient (Wildman–Crippen LogP) is -5.67. The second-order valence-corrected chi connectivity index (χ2v) is 12.0. The molecule has 3 rings (SSSR count). The minimum atomic E-state index is -1.42. The highest BCUT2D eigenvalue weighted by atomic mass is 16.7. The zero-order valence-corrected chi connectivity index (χ0v) is 24.9. The highest BCUT2D eigenvalue weighted by molar-refractivity contribution is 5.83. The molecule has 43 heavy (non-hydrogen) atoms. The van der Waals surface area contributed by atoms with Crippen molar-refractivity contribution in [2.75, 3.05) is 39.9 Å². The van der Waals surface area contributed by atoms with Gasteiger partial charge in [-0.1, -0.05) is 0 Å². The first-order valence-corrected chi connectivity index (χ1v) is 14.9. The Morgan fingerprint density at radius 2 is 1.79 bits per heavy atom. The predicted molar refractivity (Wildman–Crippen MR) is 154 cm³/mol. The molecular weight excluding hydrogens is 570 g/mol. The molecule has 0 radical (unpaired) electrons. The third-order valence-electron chi connectivity index (χ3n) is 8.32. The summed E-state index contributed by atoms with van der Waals surface area (Å²) >= 11 is 0. The first-order valence-electron chi connectivity index (χ1n) is 14.9. The minimum Gasteiger partial charge on any atom is -0.394 e. The Morgan fingerprint density at radius 3 is 2.44 bits per heavy atom. The maximum absolute atomic E-state index is 11.6. The van der Waals surface area contributed by atoms with E-state index in [-0.39, 0.29) is 51.1 Å². The van der Waals surface area contributed by atoms with Crippen molar-refractivity contribution in [3.8, 4) is 0 Å². The van der Waals surface area contributed by atoms with Gasteiger partial charge in [0.15, 0.2) is 12.6 Å². The fourth-order valence-corrected chi connectivity index (χ4v) is 5.84. The number of hydrogen-bond donors (Lipinski definition) is 13. The average Bonchev–Trinajstić information content (AvgIpc) is 2.95. The fraction of sp³-hybridized carbons (Fsp3) is 0.962. The van der Waals surface area contributed by atoms with Gasteiger partial charge in [0.1, 0.15) is 42.0 Å². The number of hydrogen-bond acceptors (Lipinski definition) is 16. The Bertz CT molecular complexity index is 863. The van der Waals surface area contributed by atoms with E-state index >= 15 is 0 Å². The Balaban J connectivity index is 1.76. The van der Waals surface area contributed by atoms with E-state index in [2.05, 4.69) is 16.0 Å². The second kappa shape index (κ2) is 16.4. The molecule has 0 aromatic heterocycles. The number of aliphatic hydroxyl groups is 6. The lowest BCUT2D eigenvalue weighted by molar-refractivity contribution is -0.307. The van der Waals surface area contributed by atoms with Gasteiger partial charge >= 0.3 is 0 Å². The van der Waals surface area contributed by atoms with Crippen molar-refractivity contribution in [1.29, 1.82) is 5.41 Å². The summed E-state index contributed by atoms with van der Waals surface area (Å²) in [4.78, 5) is 0. The summed E-state index contributed by atoms with van der Waals surface area (Å²) in [6.45, 7) is 1.70. The molecule has 0 aromatic carbocycles. The molecule has 2 heterocycles. The van der Waals surface area contributed by atoms with Crippen LogP contribution in [0.3, 0.4) is 0 Å². The van der Waals surface area contributed by atoms with Crippen LogP contribution >= 0.6 is 0 Å². The van der Waals surface area contributed by atoms with Gasteiger partial charge in [0.05, 0.1) is 43.5 Å². The van der Waals surface area contributed by atoms with Crippen LogP contribution in [0.1, 0.15) is 32.6 Å². The number of nitrogens with two attached hydrogens (primary N) is 3. The molecular formula is C26H53N7O10. The maximum atomic E-state index is 11.6. The van der Waals surface area contributed by atoms with Gasteiger partial charge < -0.3 is 82.7 Å². The Morgan fingerprint density at radius 1 is 1.09 bits per heavy atom. The van der Waals surface area contributed by atoms with E-state index in [1.54, 1.807) is 7.05 Å². The number of nitrogens with one attached hydrogen (secondary N) is 4. The standard InChI is InChI=1S/C26H53N7O10/c1-26(39)11-40-25(19(38)22(26)31-2)43-21-16(33-23(30)17(36)5-6-27)7-15(29)20(18(21)37)42-24-14(28)4-3-13(41-24)9-32-8-12(35)10-34/h12-22,24-25,31-32,34-39H,3-11,27-29H2,1-2H3,(H2,30,33)/t12?,13-,14?,15-,16+,17?,18?,19?,20?,21?,22+,24+,25+,26?/m0/s1. The molecule has 1 saturated carbocycles. The molecule has 0 bridgehead atoms. The molecule has 0 amide bonds. The van der Waals surface area contributed by atoms with Crippen LogP contribution in [0.15, 0.2) is 0 Å². The van der Waals surface area contributed by atoms with E-state index in [0.29, 0.717) is 19.4 Å². The van der Waals surface area contributed by atoms with Crippen molar-refractivity contribution in [3.63, 3.8) is 0 Å². The molecule has 252 valence electrons. The lowest BCUT2D eigenvalue weighted by Gasteiger charge is -2.49. The summed E-state index contributed by atoms with van der Waals surface area (Å²) in [6, 6.07) is -2.90. The van der Waals surface area contributed by atoms with Crippen LogP contribution < -0.4 is 33.2 Å². The quantitative estimate of drug-likeness (QED) is 0.0633. The van der Waals surface area contributed by atoms with Crippen molar-refractivity contribution < 1.29 is 49.6 Å². The molecule has 14 atom stereocenters. The van der Waals surface area contributed by atoms with Crippen molar-refractivity contribution >= 4 is 5.84 Å². The second-order valence-electron chi connectivity index (χ2n) is 12.0. The summed E-state index contributed by atoms with van der Waals surface area (Å²) in [5, 5.41) is 79.2. The molecule has 0 spiro atoms. The highest BCUT2D eigenvalue weighted by Gasteiger charge is 2.51. The van der Waals surface area contributed by atoms with Gasteiger partial charge in [0.2, 0.25) is 0 Å². The van der Waals surface area contributed by atoms with Gasteiger partial charge in [0.25, 0.3) is 0 Å². The minimum absolute atomic E-state index is 0.131. The van der Waals surface area contributed by atoms with E-state index in [1.807, 2.05) is 0 Å². The van der Waals surface area contributed by atoms with E-state index in [9.17, 15) is 25.5 Å². The van der Waals surface area contributed by atoms with Gasteiger partial charge in [0, 0.05) is 19.1 Å². The number of amidine groups is 1. The van der Waals surface area contributed by atoms with Gasteiger partial charge in [-0.05, 0) is 46.2 Å². The zero-order valence-electron chi connectivity index (χ0n) is 24.9. The molecule has 0 aromatic rings. The van der Waals surface area contributed by atoms with Gasteiger partial charge in [-0.25, -0.2) is 0 Å². The van der Waals surface area contributed by atoms with Crippen LogP contribution in [0.25, 0.3) is 0 Å². The van der Waals surface area contributed by atoms with E-state index in [4.69, 9.17) is 46.7 Å². The van der Waals surface area contributed by atoms with E-state index in [1.165, 1.54) is 6.92 Å². The maximum Gasteiger partial charge on any atom is 0.185 e. The van der Waals surface area contributed by atoms with Gasteiger partial charge in [-0.2, -0.15) is 0 Å². The van der Waals surface area contributed by atoms with Crippen molar-refractivity contribution in [2.45, 2.75) is 118 Å². The van der Waals surface area contributed by atoms with E-state index in [0.717, 1.165) is 0 Å². The zero-order chi connectivity index (χ0) is 31.9. The first-order chi connectivity index (χ1) is 20.3. The molecule has 2 saturated heterocycles. The van der Waals surface area contributed by atoms with Crippen LogP contribution in [0.4, 0.5) is 0 Å². The molecule has 17 nitrogen and oxygen atoms in total. The smallest absolute Gasteiger partial charge is 0.185 e. The third kappa shape index (κ3) is 9.44. The Hall–Kier alpha value is -1.13. The molecule has 17 heteroatoms. The normalized spacial score (nSPS) is 41.9. The van der Waals surface area contributed by atoms with Gasteiger partial charge in [-0.15, -0.1) is 0 Å². The topological polar surface area (TPSA) is 296 Å². The molecule has 8 unspecified atom stereocenters. The lowest BCUT2D eigenvalue weighted by atomic mass is 9.83. The van der Waals surface area contributed by atoms with Crippen molar-refractivity contribution in [2.24, 2.45) is 17.2 Å². The van der Waals surface area contributed by atoms with Crippen LogP contribution in [0.5, 0.6) is 0 Å². The lowest BCUT2D eigenvalue weighted by Crippen LogP contribution is -2.69. The third-order valence-corrected chi connectivity index (χ3v) is 8.32.